The molecule has 116 valence electrons. The minimum absolute atomic E-state index is 0.268. The van der Waals surface area contributed by atoms with Crippen LogP contribution in [0.4, 0.5) is 0 Å². The summed E-state index contributed by atoms with van der Waals surface area (Å²) in [7, 11) is 0. The maximum absolute atomic E-state index is 12.1. The zero-order chi connectivity index (χ0) is 14.2. The Morgan fingerprint density at radius 2 is 2.00 bits per heavy atom. The van der Waals surface area contributed by atoms with Crippen molar-refractivity contribution < 1.29 is 14.6 Å². The molecule has 0 radical (unpaired) electrons. The molecule has 2 aliphatic rings. The number of piperidine rings is 1. The first-order valence-corrected chi connectivity index (χ1v) is 8.01. The first-order chi connectivity index (χ1) is 9.81. The van der Waals surface area contributed by atoms with E-state index in [0.717, 1.165) is 39.0 Å². The van der Waals surface area contributed by atoms with E-state index in [1.165, 1.54) is 19.3 Å². The van der Waals surface area contributed by atoms with Crippen LogP contribution in [0.1, 0.15) is 38.5 Å². The fraction of sp³-hybridized carbons (Fsp3) is 0.933. The van der Waals surface area contributed by atoms with E-state index in [1.54, 1.807) is 0 Å². The fourth-order valence-electron chi connectivity index (χ4n) is 3.23. The Morgan fingerprint density at radius 1 is 1.20 bits per heavy atom. The monoisotopic (exact) mass is 284 g/mol. The highest BCUT2D eigenvalue weighted by Gasteiger charge is 2.22. The number of aliphatic hydroxyl groups excluding tert-OH is 1. The first-order valence-electron chi connectivity index (χ1n) is 8.01. The molecule has 1 unspecified atom stereocenters. The maximum Gasteiger partial charge on any atom is 0.222 e. The predicted octanol–water partition coefficient (Wildman–Crippen LogP) is 0.862. The van der Waals surface area contributed by atoms with Gasteiger partial charge in [0, 0.05) is 32.2 Å². The second kappa shape index (κ2) is 8.60. The largest absolute Gasteiger partial charge is 0.396 e. The molecule has 0 spiro atoms. The number of hydrogen-bond donors (Lipinski definition) is 1. The number of carbonyl (C=O) groups excluding carboxylic acids is 1. The Hall–Kier alpha value is -0.650. The van der Waals surface area contributed by atoms with Gasteiger partial charge in [0.15, 0.2) is 0 Å². The molecule has 2 fully saturated rings. The summed E-state index contributed by atoms with van der Waals surface area (Å²) in [6.45, 7) is 5.23. The summed E-state index contributed by atoms with van der Waals surface area (Å²) in [5.74, 6) is 0.268. The number of amides is 1. The summed E-state index contributed by atoms with van der Waals surface area (Å²) < 4.78 is 5.26. The molecule has 5 heteroatoms. The lowest BCUT2D eigenvalue weighted by Gasteiger charge is -2.35. The van der Waals surface area contributed by atoms with Gasteiger partial charge in [-0.05, 0) is 38.8 Å². The van der Waals surface area contributed by atoms with Gasteiger partial charge in [-0.2, -0.15) is 0 Å². The van der Waals surface area contributed by atoms with Crippen molar-refractivity contribution in [1.82, 2.24) is 9.80 Å². The van der Waals surface area contributed by atoms with Crippen molar-refractivity contribution >= 4 is 5.91 Å². The molecule has 0 aromatic carbocycles. The minimum atomic E-state index is 0.268. The van der Waals surface area contributed by atoms with Crippen molar-refractivity contribution in [3.05, 3.63) is 0 Å². The fourth-order valence-corrected chi connectivity index (χ4v) is 3.23. The number of carbonyl (C=O) groups is 1. The van der Waals surface area contributed by atoms with Crippen LogP contribution in [0.2, 0.25) is 0 Å². The SMILES string of the molecule is O=C(CCCN1CCCCC1CCO)N1CCOCC1. The Balaban J connectivity index is 1.66. The average Bonchev–Trinajstić information content (AvgIpc) is 2.50. The summed E-state index contributed by atoms with van der Waals surface area (Å²) in [5, 5.41) is 9.12. The average molecular weight is 284 g/mol. The highest BCUT2D eigenvalue weighted by molar-refractivity contribution is 5.76. The van der Waals surface area contributed by atoms with Crippen LogP contribution in [0.25, 0.3) is 0 Å². The zero-order valence-electron chi connectivity index (χ0n) is 12.4. The van der Waals surface area contributed by atoms with Crippen LogP contribution >= 0.6 is 0 Å². The number of rotatable bonds is 6. The van der Waals surface area contributed by atoms with Crippen LogP contribution in [0, 0.1) is 0 Å². The molecule has 20 heavy (non-hydrogen) atoms. The van der Waals surface area contributed by atoms with Crippen LogP contribution in [0.3, 0.4) is 0 Å². The third-order valence-electron chi connectivity index (χ3n) is 4.41. The third kappa shape index (κ3) is 4.72. The molecule has 5 nitrogen and oxygen atoms in total. The molecule has 2 rings (SSSR count). The van der Waals surface area contributed by atoms with Gasteiger partial charge in [0.25, 0.3) is 0 Å². The van der Waals surface area contributed by atoms with E-state index in [1.807, 2.05) is 4.90 Å². The van der Waals surface area contributed by atoms with E-state index in [2.05, 4.69) is 4.90 Å². The van der Waals surface area contributed by atoms with Crippen LogP contribution in [-0.2, 0) is 9.53 Å². The molecule has 0 aromatic heterocycles. The molecule has 2 heterocycles. The van der Waals surface area contributed by atoms with Gasteiger partial charge in [-0.15, -0.1) is 0 Å². The number of likely N-dealkylation sites (tertiary alicyclic amines) is 1. The standard InChI is InChI=1S/C15H28N2O3/c18-11-6-14-4-1-2-7-16(14)8-3-5-15(19)17-9-12-20-13-10-17/h14,18H,1-13H2. The lowest BCUT2D eigenvalue weighted by atomic mass is 9.99. The van der Waals surface area contributed by atoms with Gasteiger partial charge in [0.1, 0.15) is 0 Å². The van der Waals surface area contributed by atoms with Crippen molar-refractivity contribution in [2.75, 3.05) is 46.0 Å². The van der Waals surface area contributed by atoms with E-state index in [4.69, 9.17) is 9.84 Å². The van der Waals surface area contributed by atoms with Gasteiger partial charge in [-0.25, -0.2) is 0 Å². The van der Waals surface area contributed by atoms with Gasteiger partial charge in [-0.3, -0.25) is 4.79 Å². The van der Waals surface area contributed by atoms with Gasteiger partial charge >= 0.3 is 0 Å². The van der Waals surface area contributed by atoms with Crippen molar-refractivity contribution in [3.63, 3.8) is 0 Å². The van der Waals surface area contributed by atoms with Crippen molar-refractivity contribution in [2.24, 2.45) is 0 Å². The molecular formula is C15H28N2O3. The van der Waals surface area contributed by atoms with Crippen LogP contribution in [0.5, 0.6) is 0 Å². The Labute approximate surface area is 121 Å². The van der Waals surface area contributed by atoms with E-state index in [9.17, 15) is 4.79 Å². The Bertz CT molecular complexity index is 291. The third-order valence-corrected chi connectivity index (χ3v) is 4.41. The molecule has 2 aliphatic heterocycles. The molecule has 0 aliphatic carbocycles. The molecule has 1 amide bonds. The normalized spacial score (nSPS) is 24.9. The first kappa shape index (κ1) is 15.7. The lowest BCUT2D eigenvalue weighted by Crippen LogP contribution is -2.42. The molecule has 2 saturated heterocycles. The van der Waals surface area contributed by atoms with Gasteiger partial charge < -0.3 is 19.6 Å². The number of aliphatic hydroxyl groups is 1. The molecule has 1 N–H and O–H groups in total. The van der Waals surface area contributed by atoms with Crippen molar-refractivity contribution in [2.45, 2.75) is 44.6 Å². The van der Waals surface area contributed by atoms with Crippen molar-refractivity contribution in [3.8, 4) is 0 Å². The highest BCUT2D eigenvalue weighted by atomic mass is 16.5. The van der Waals surface area contributed by atoms with Crippen LogP contribution in [0.15, 0.2) is 0 Å². The molecule has 1 atom stereocenters. The maximum atomic E-state index is 12.1. The highest BCUT2D eigenvalue weighted by Crippen LogP contribution is 2.20. The van der Waals surface area contributed by atoms with E-state index in [-0.39, 0.29) is 12.5 Å². The molecular weight excluding hydrogens is 256 g/mol. The van der Waals surface area contributed by atoms with Gasteiger partial charge in [0.2, 0.25) is 5.91 Å². The number of ether oxygens (including phenoxy) is 1. The molecule has 0 bridgehead atoms. The summed E-state index contributed by atoms with van der Waals surface area (Å²) in [6.07, 6.45) is 6.16. The van der Waals surface area contributed by atoms with Gasteiger partial charge in [0.05, 0.1) is 13.2 Å². The summed E-state index contributed by atoms with van der Waals surface area (Å²) in [4.78, 5) is 16.4. The summed E-state index contributed by atoms with van der Waals surface area (Å²) >= 11 is 0. The van der Waals surface area contributed by atoms with Crippen LogP contribution < -0.4 is 0 Å². The number of morpholine rings is 1. The summed E-state index contributed by atoms with van der Waals surface area (Å²) in [5.41, 5.74) is 0. The topological polar surface area (TPSA) is 53.0 Å². The predicted molar refractivity (Wildman–Crippen MR) is 77.5 cm³/mol. The molecule has 0 saturated carbocycles. The molecule has 0 aromatic rings. The van der Waals surface area contributed by atoms with E-state index >= 15 is 0 Å². The van der Waals surface area contributed by atoms with E-state index in [0.29, 0.717) is 25.7 Å². The van der Waals surface area contributed by atoms with Crippen LogP contribution in [-0.4, -0.2) is 72.9 Å². The smallest absolute Gasteiger partial charge is 0.222 e. The zero-order valence-corrected chi connectivity index (χ0v) is 12.4. The number of hydrogen-bond acceptors (Lipinski definition) is 4. The number of nitrogens with zero attached hydrogens (tertiary/aromatic N) is 2. The van der Waals surface area contributed by atoms with Gasteiger partial charge in [-0.1, -0.05) is 6.42 Å². The Kier molecular flexibility index (Phi) is 6.76. The lowest BCUT2D eigenvalue weighted by molar-refractivity contribution is -0.135. The summed E-state index contributed by atoms with van der Waals surface area (Å²) in [6, 6.07) is 0.521. The minimum Gasteiger partial charge on any atom is -0.396 e. The second-order valence-corrected chi connectivity index (χ2v) is 5.79. The van der Waals surface area contributed by atoms with E-state index < -0.39 is 0 Å². The Morgan fingerprint density at radius 3 is 2.75 bits per heavy atom. The van der Waals surface area contributed by atoms with Crippen molar-refractivity contribution in [1.29, 1.82) is 0 Å². The quantitative estimate of drug-likeness (QED) is 0.786. The second-order valence-electron chi connectivity index (χ2n) is 5.79.